The summed E-state index contributed by atoms with van der Waals surface area (Å²) in [5.74, 6) is 0.907. The van der Waals surface area contributed by atoms with E-state index >= 15 is 0 Å². The maximum Gasteiger partial charge on any atom is 0.276 e. The van der Waals surface area contributed by atoms with Crippen LogP contribution in [0.3, 0.4) is 0 Å². The van der Waals surface area contributed by atoms with Gasteiger partial charge in [-0.15, -0.1) is 0 Å². The Morgan fingerprint density at radius 2 is 2.17 bits per heavy atom. The van der Waals surface area contributed by atoms with Gasteiger partial charge in [-0.1, -0.05) is 17.7 Å². The van der Waals surface area contributed by atoms with Gasteiger partial charge in [-0.05, 0) is 19.1 Å². The summed E-state index contributed by atoms with van der Waals surface area (Å²) in [5.41, 5.74) is 0.489. The van der Waals surface area contributed by atoms with E-state index in [0.29, 0.717) is 22.2 Å². The Hall–Kier alpha value is -2.14. The monoisotopic (exact) mass is 264 g/mol. The first-order valence-electron chi connectivity index (χ1n) is 5.11. The van der Waals surface area contributed by atoms with E-state index in [4.69, 9.17) is 16.3 Å². The molecule has 0 bridgehead atoms. The summed E-state index contributed by atoms with van der Waals surface area (Å²) in [6.45, 7) is 1.64. The van der Waals surface area contributed by atoms with Crippen molar-refractivity contribution in [1.82, 2.24) is 4.98 Å². The van der Waals surface area contributed by atoms with Gasteiger partial charge in [0, 0.05) is 18.3 Å². The number of rotatable bonds is 3. The Bertz CT molecular complexity index is 602. The van der Waals surface area contributed by atoms with E-state index in [0.717, 1.165) is 0 Å². The summed E-state index contributed by atoms with van der Waals surface area (Å²) in [4.78, 5) is 14.2. The van der Waals surface area contributed by atoms with Crippen LogP contribution in [0.2, 0.25) is 5.15 Å². The number of aromatic nitrogens is 1. The summed E-state index contributed by atoms with van der Waals surface area (Å²) in [5, 5.41) is 11.1. The fourth-order valence-electron chi connectivity index (χ4n) is 1.49. The maximum atomic E-state index is 10.8. The molecule has 1 aromatic heterocycles. The first-order chi connectivity index (χ1) is 8.58. The van der Waals surface area contributed by atoms with Crippen molar-refractivity contribution in [2.24, 2.45) is 0 Å². The molecule has 0 unspecified atom stereocenters. The topological polar surface area (TPSA) is 65.3 Å². The van der Waals surface area contributed by atoms with E-state index in [2.05, 4.69) is 4.98 Å². The lowest BCUT2D eigenvalue weighted by Gasteiger charge is -2.08. The predicted octanol–water partition coefficient (Wildman–Crippen LogP) is 3.74. The normalized spacial score (nSPS) is 10.1. The Labute approximate surface area is 108 Å². The fraction of sp³-hybridized carbons (Fsp3) is 0.0833. The van der Waals surface area contributed by atoms with Crippen LogP contribution in [0.25, 0.3) is 0 Å². The number of hydrogen-bond acceptors (Lipinski definition) is 4. The molecule has 0 N–H and O–H groups in total. The number of hydrogen-bond donors (Lipinski definition) is 0. The van der Waals surface area contributed by atoms with Crippen LogP contribution in [0.4, 0.5) is 5.69 Å². The zero-order valence-electron chi connectivity index (χ0n) is 9.46. The van der Waals surface area contributed by atoms with E-state index in [1.54, 1.807) is 31.2 Å². The number of pyridine rings is 1. The molecule has 2 rings (SSSR count). The molecule has 92 valence electrons. The number of nitrogens with zero attached hydrogens (tertiary/aromatic N) is 2. The summed E-state index contributed by atoms with van der Waals surface area (Å²) >= 11 is 5.73. The van der Waals surface area contributed by atoms with Crippen molar-refractivity contribution in [2.45, 2.75) is 6.92 Å². The number of benzene rings is 1. The van der Waals surface area contributed by atoms with Gasteiger partial charge in [0.05, 0.1) is 10.5 Å². The van der Waals surface area contributed by atoms with Gasteiger partial charge < -0.3 is 4.74 Å². The van der Waals surface area contributed by atoms with Gasteiger partial charge in [0.25, 0.3) is 5.69 Å². The SMILES string of the molecule is Cc1c(Oc2ccnc(Cl)c2)cccc1[N+](=O)[O-]. The van der Waals surface area contributed by atoms with Crippen molar-refractivity contribution in [3.63, 3.8) is 0 Å². The van der Waals surface area contributed by atoms with Crippen LogP contribution in [0.5, 0.6) is 11.5 Å². The van der Waals surface area contributed by atoms with Gasteiger partial charge in [-0.25, -0.2) is 4.98 Å². The Balaban J connectivity index is 2.35. The molecule has 0 aliphatic heterocycles. The summed E-state index contributed by atoms with van der Waals surface area (Å²) in [6.07, 6.45) is 1.50. The standard InChI is InChI=1S/C12H9ClN2O3/c1-8-10(15(16)17)3-2-4-11(8)18-9-5-6-14-12(13)7-9/h2-7H,1H3. The summed E-state index contributed by atoms with van der Waals surface area (Å²) in [7, 11) is 0. The van der Waals surface area contributed by atoms with E-state index in [1.807, 2.05) is 0 Å². The molecule has 5 nitrogen and oxygen atoms in total. The first kappa shape index (κ1) is 12.3. The molecular formula is C12H9ClN2O3. The van der Waals surface area contributed by atoms with Crippen molar-refractivity contribution in [1.29, 1.82) is 0 Å². The smallest absolute Gasteiger partial charge is 0.276 e. The van der Waals surface area contributed by atoms with Crippen LogP contribution in [-0.4, -0.2) is 9.91 Å². The van der Waals surface area contributed by atoms with Crippen LogP contribution in [0, 0.1) is 17.0 Å². The lowest BCUT2D eigenvalue weighted by atomic mass is 10.2. The van der Waals surface area contributed by atoms with Gasteiger partial charge in [0.2, 0.25) is 0 Å². The highest BCUT2D eigenvalue weighted by Crippen LogP contribution is 2.31. The van der Waals surface area contributed by atoms with E-state index in [1.165, 1.54) is 12.3 Å². The second-order valence-corrected chi connectivity index (χ2v) is 3.96. The van der Waals surface area contributed by atoms with Crippen molar-refractivity contribution in [2.75, 3.05) is 0 Å². The molecule has 1 aromatic carbocycles. The van der Waals surface area contributed by atoms with Crippen molar-refractivity contribution < 1.29 is 9.66 Å². The minimum Gasteiger partial charge on any atom is -0.457 e. The molecule has 0 aliphatic rings. The van der Waals surface area contributed by atoms with Crippen molar-refractivity contribution in [3.8, 4) is 11.5 Å². The number of ether oxygens (including phenoxy) is 1. The molecule has 2 aromatic rings. The van der Waals surface area contributed by atoms with E-state index < -0.39 is 4.92 Å². The molecule has 1 heterocycles. The van der Waals surface area contributed by atoms with Gasteiger partial charge >= 0.3 is 0 Å². The molecule has 0 atom stereocenters. The highest BCUT2D eigenvalue weighted by molar-refractivity contribution is 6.29. The Kier molecular flexibility index (Phi) is 3.43. The maximum absolute atomic E-state index is 10.8. The predicted molar refractivity (Wildman–Crippen MR) is 67.2 cm³/mol. The average molecular weight is 265 g/mol. The molecule has 0 aliphatic carbocycles. The number of nitro groups is 1. The number of halogens is 1. The lowest BCUT2D eigenvalue weighted by Crippen LogP contribution is -1.94. The van der Waals surface area contributed by atoms with Gasteiger partial charge in [0.1, 0.15) is 16.7 Å². The zero-order valence-corrected chi connectivity index (χ0v) is 10.2. The summed E-state index contributed by atoms with van der Waals surface area (Å²) in [6, 6.07) is 7.84. The second-order valence-electron chi connectivity index (χ2n) is 3.57. The first-order valence-corrected chi connectivity index (χ1v) is 5.49. The van der Waals surface area contributed by atoms with Crippen molar-refractivity contribution >= 4 is 17.3 Å². The van der Waals surface area contributed by atoms with E-state index in [9.17, 15) is 10.1 Å². The van der Waals surface area contributed by atoms with Crippen LogP contribution in [0.1, 0.15) is 5.56 Å². The molecule has 0 radical (unpaired) electrons. The average Bonchev–Trinajstić information content (AvgIpc) is 2.31. The minimum absolute atomic E-state index is 0.0210. The summed E-state index contributed by atoms with van der Waals surface area (Å²) < 4.78 is 5.55. The van der Waals surface area contributed by atoms with Crippen LogP contribution >= 0.6 is 11.6 Å². The quantitative estimate of drug-likeness (QED) is 0.481. The minimum atomic E-state index is -0.443. The molecule has 0 fully saturated rings. The molecule has 0 amide bonds. The van der Waals surface area contributed by atoms with Gasteiger partial charge in [-0.2, -0.15) is 0 Å². The Morgan fingerprint density at radius 1 is 1.39 bits per heavy atom. The number of nitro benzene ring substituents is 1. The fourth-order valence-corrected chi connectivity index (χ4v) is 1.65. The molecular weight excluding hydrogens is 256 g/mol. The van der Waals surface area contributed by atoms with Crippen LogP contribution in [0.15, 0.2) is 36.5 Å². The Morgan fingerprint density at radius 3 is 2.83 bits per heavy atom. The highest BCUT2D eigenvalue weighted by Gasteiger charge is 2.14. The molecule has 0 saturated carbocycles. The second kappa shape index (κ2) is 5.01. The zero-order chi connectivity index (χ0) is 13.1. The van der Waals surface area contributed by atoms with E-state index in [-0.39, 0.29) is 5.69 Å². The van der Waals surface area contributed by atoms with Crippen LogP contribution < -0.4 is 4.74 Å². The lowest BCUT2D eigenvalue weighted by molar-refractivity contribution is -0.385. The third kappa shape index (κ3) is 2.57. The highest BCUT2D eigenvalue weighted by atomic mass is 35.5. The third-order valence-corrected chi connectivity index (χ3v) is 2.58. The molecule has 0 spiro atoms. The van der Waals surface area contributed by atoms with Crippen LogP contribution in [-0.2, 0) is 0 Å². The van der Waals surface area contributed by atoms with Gasteiger partial charge in [0.15, 0.2) is 0 Å². The largest absolute Gasteiger partial charge is 0.457 e. The molecule has 0 saturated heterocycles. The molecule has 6 heteroatoms. The molecule has 18 heavy (non-hydrogen) atoms. The van der Waals surface area contributed by atoms with Crippen molar-refractivity contribution in [3.05, 3.63) is 57.4 Å². The third-order valence-electron chi connectivity index (χ3n) is 2.38. The van der Waals surface area contributed by atoms with Gasteiger partial charge in [-0.3, -0.25) is 10.1 Å².